The predicted octanol–water partition coefficient (Wildman–Crippen LogP) is 0.888. The second-order valence-corrected chi connectivity index (χ2v) is 5.73. The van der Waals surface area contributed by atoms with Gasteiger partial charge in [0.2, 0.25) is 5.91 Å². The Bertz CT molecular complexity index is 339. The fourth-order valence-electron chi connectivity index (χ4n) is 3.14. The van der Waals surface area contributed by atoms with Crippen LogP contribution in [-0.4, -0.2) is 35.1 Å². The first-order valence-corrected chi connectivity index (χ1v) is 6.82. The second kappa shape index (κ2) is 5.26. The molecule has 2 rings (SSSR count). The molecule has 1 amide bonds. The zero-order valence-corrected chi connectivity index (χ0v) is 10.9. The van der Waals surface area contributed by atoms with Gasteiger partial charge in [-0.25, -0.2) is 4.79 Å². The van der Waals surface area contributed by atoms with Gasteiger partial charge in [-0.3, -0.25) is 4.79 Å². The van der Waals surface area contributed by atoms with E-state index < -0.39 is 11.5 Å². The molecule has 5 heteroatoms. The molecule has 18 heavy (non-hydrogen) atoms. The average molecular weight is 254 g/mol. The smallest absolute Gasteiger partial charge is 0.329 e. The number of hydrogen-bond acceptors (Lipinski definition) is 3. The molecule has 2 fully saturated rings. The molecular weight excluding hydrogens is 232 g/mol. The van der Waals surface area contributed by atoms with Gasteiger partial charge in [0.15, 0.2) is 0 Å². The van der Waals surface area contributed by atoms with Crippen LogP contribution in [0.25, 0.3) is 0 Å². The Labute approximate surface area is 107 Å². The Kier molecular flexibility index (Phi) is 3.90. The van der Waals surface area contributed by atoms with Crippen LogP contribution in [0.4, 0.5) is 0 Å². The maximum absolute atomic E-state index is 12.1. The highest BCUT2D eigenvalue weighted by atomic mass is 16.4. The van der Waals surface area contributed by atoms with Gasteiger partial charge in [0.1, 0.15) is 5.54 Å². The highest BCUT2D eigenvalue weighted by molar-refractivity contribution is 5.89. The van der Waals surface area contributed by atoms with Crippen molar-refractivity contribution in [2.24, 2.45) is 5.92 Å². The van der Waals surface area contributed by atoms with Gasteiger partial charge >= 0.3 is 5.97 Å². The van der Waals surface area contributed by atoms with Gasteiger partial charge in [-0.15, -0.1) is 0 Å². The lowest BCUT2D eigenvalue weighted by Gasteiger charge is -2.37. The number of hydrogen-bond donors (Lipinski definition) is 3. The lowest BCUT2D eigenvalue weighted by Crippen LogP contribution is -2.59. The fourth-order valence-corrected chi connectivity index (χ4v) is 3.14. The van der Waals surface area contributed by atoms with Crippen LogP contribution in [0.15, 0.2) is 0 Å². The molecule has 0 aromatic rings. The van der Waals surface area contributed by atoms with Crippen molar-refractivity contribution in [3.8, 4) is 0 Å². The van der Waals surface area contributed by atoms with Gasteiger partial charge in [0, 0.05) is 0 Å². The summed E-state index contributed by atoms with van der Waals surface area (Å²) in [6.07, 6.45) is 4.79. The highest BCUT2D eigenvalue weighted by Crippen LogP contribution is 2.32. The molecule has 1 saturated carbocycles. The van der Waals surface area contributed by atoms with Gasteiger partial charge < -0.3 is 15.7 Å². The van der Waals surface area contributed by atoms with E-state index in [1.807, 2.05) is 0 Å². The molecule has 102 valence electrons. The standard InChI is InChI=1S/C13H22N2O3/c1-9-4-2-6-13(8-9,12(17)18)15-11(16)10-5-3-7-14-10/h9-10,14H,2-8H2,1H3,(H,15,16)(H,17,18)/t9?,10-,13?/m0/s1. The van der Waals surface area contributed by atoms with Crippen LogP contribution >= 0.6 is 0 Å². The first kappa shape index (κ1) is 13.3. The molecule has 2 unspecified atom stereocenters. The van der Waals surface area contributed by atoms with Crippen molar-refractivity contribution in [3.63, 3.8) is 0 Å². The van der Waals surface area contributed by atoms with Crippen LogP contribution in [0.2, 0.25) is 0 Å². The molecule has 1 saturated heterocycles. The molecule has 0 aromatic heterocycles. The van der Waals surface area contributed by atoms with Crippen molar-refractivity contribution in [1.29, 1.82) is 0 Å². The van der Waals surface area contributed by atoms with Crippen molar-refractivity contribution >= 4 is 11.9 Å². The highest BCUT2D eigenvalue weighted by Gasteiger charge is 2.44. The van der Waals surface area contributed by atoms with Crippen molar-refractivity contribution in [1.82, 2.24) is 10.6 Å². The van der Waals surface area contributed by atoms with E-state index >= 15 is 0 Å². The van der Waals surface area contributed by atoms with E-state index in [1.54, 1.807) is 0 Å². The number of rotatable bonds is 3. The van der Waals surface area contributed by atoms with Crippen LogP contribution in [0.3, 0.4) is 0 Å². The summed E-state index contributed by atoms with van der Waals surface area (Å²) in [4.78, 5) is 23.6. The van der Waals surface area contributed by atoms with Crippen molar-refractivity contribution < 1.29 is 14.7 Å². The molecule has 5 nitrogen and oxygen atoms in total. The van der Waals surface area contributed by atoms with Gasteiger partial charge in [0.05, 0.1) is 6.04 Å². The summed E-state index contributed by atoms with van der Waals surface area (Å²) < 4.78 is 0. The van der Waals surface area contributed by atoms with Crippen LogP contribution < -0.4 is 10.6 Å². The minimum Gasteiger partial charge on any atom is -0.480 e. The number of carbonyl (C=O) groups is 2. The number of nitrogens with one attached hydrogen (secondary N) is 2. The molecule has 0 aromatic carbocycles. The Hall–Kier alpha value is -1.10. The van der Waals surface area contributed by atoms with E-state index in [0.717, 1.165) is 32.2 Å². The van der Waals surface area contributed by atoms with Crippen LogP contribution in [0.1, 0.15) is 45.4 Å². The summed E-state index contributed by atoms with van der Waals surface area (Å²) >= 11 is 0. The Balaban J connectivity index is 2.05. The largest absolute Gasteiger partial charge is 0.480 e. The molecule has 0 bridgehead atoms. The van der Waals surface area contributed by atoms with Gasteiger partial charge in [-0.2, -0.15) is 0 Å². The third-order valence-electron chi connectivity index (χ3n) is 4.15. The van der Waals surface area contributed by atoms with Crippen molar-refractivity contribution in [2.75, 3.05) is 6.54 Å². The van der Waals surface area contributed by atoms with Crippen molar-refractivity contribution in [2.45, 2.75) is 57.0 Å². The zero-order valence-electron chi connectivity index (χ0n) is 10.9. The van der Waals surface area contributed by atoms with Gasteiger partial charge in [-0.05, 0) is 38.1 Å². The normalized spacial score (nSPS) is 36.3. The Morgan fingerprint density at radius 3 is 2.67 bits per heavy atom. The minimum absolute atomic E-state index is 0.149. The van der Waals surface area contributed by atoms with Crippen molar-refractivity contribution in [3.05, 3.63) is 0 Å². The van der Waals surface area contributed by atoms with E-state index in [9.17, 15) is 14.7 Å². The van der Waals surface area contributed by atoms with Gasteiger partial charge in [-0.1, -0.05) is 19.8 Å². The zero-order chi connectivity index (χ0) is 13.2. The molecule has 1 aliphatic carbocycles. The first-order chi connectivity index (χ1) is 8.53. The predicted molar refractivity (Wildman–Crippen MR) is 67.2 cm³/mol. The molecular formula is C13H22N2O3. The molecule has 1 heterocycles. The van der Waals surface area contributed by atoms with Gasteiger partial charge in [0.25, 0.3) is 0 Å². The van der Waals surface area contributed by atoms with Crippen LogP contribution in [-0.2, 0) is 9.59 Å². The maximum Gasteiger partial charge on any atom is 0.329 e. The summed E-state index contributed by atoms with van der Waals surface area (Å²) in [7, 11) is 0. The third kappa shape index (κ3) is 2.66. The quantitative estimate of drug-likeness (QED) is 0.699. The molecule has 3 N–H and O–H groups in total. The van der Waals surface area contributed by atoms with E-state index in [-0.39, 0.29) is 11.9 Å². The summed E-state index contributed by atoms with van der Waals surface area (Å²) in [5.41, 5.74) is -1.04. The average Bonchev–Trinajstić information content (AvgIpc) is 2.82. The fraction of sp³-hybridized carbons (Fsp3) is 0.846. The number of amides is 1. The monoisotopic (exact) mass is 254 g/mol. The Morgan fingerprint density at radius 2 is 2.11 bits per heavy atom. The van der Waals surface area contributed by atoms with E-state index in [2.05, 4.69) is 17.6 Å². The topological polar surface area (TPSA) is 78.4 Å². The van der Waals surface area contributed by atoms with E-state index in [0.29, 0.717) is 18.8 Å². The lowest BCUT2D eigenvalue weighted by molar-refractivity contribution is -0.150. The molecule has 1 aliphatic heterocycles. The number of carbonyl (C=O) groups excluding carboxylic acids is 1. The molecule has 0 radical (unpaired) electrons. The third-order valence-corrected chi connectivity index (χ3v) is 4.15. The molecule has 2 aliphatic rings. The van der Waals surface area contributed by atoms with Crippen LogP contribution in [0.5, 0.6) is 0 Å². The number of aliphatic carboxylic acids is 1. The SMILES string of the molecule is CC1CCCC(NC(=O)[C@@H]2CCCN2)(C(=O)O)C1. The maximum atomic E-state index is 12.1. The lowest BCUT2D eigenvalue weighted by atomic mass is 9.76. The van der Waals surface area contributed by atoms with E-state index in [1.165, 1.54) is 0 Å². The van der Waals surface area contributed by atoms with E-state index in [4.69, 9.17) is 0 Å². The number of carboxylic acid groups (broad SMARTS) is 1. The van der Waals surface area contributed by atoms with Crippen LogP contribution in [0, 0.1) is 5.92 Å². The first-order valence-electron chi connectivity index (χ1n) is 6.82. The second-order valence-electron chi connectivity index (χ2n) is 5.73. The summed E-state index contributed by atoms with van der Waals surface area (Å²) in [5, 5.41) is 15.4. The number of carboxylic acids is 1. The Morgan fingerprint density at radius 1 is 1.33 bits per heavy atom. The molecule has 3 atom stereocenters. The summed E-state index contributed by atoms with van der Waals surface area (Å²) in [5.74, 6) is -0.684. The minimum atomic E-state index is -1.04. The summed E-state index contributed by atoms with van der Waals surface area (Å²) in [6, 6.07) is -0.210. The summed E-state index contributed by atoms with van der Waals surface area (Å²) in [6.45, 7) is 2.89. The molecule has 0 spiro atoms.